The Morgan fingerprint density at radius 3 is 1.25 bits per heavy atom. The molecule has 3 heterocycles. The van der Waals surface area contributed by atoms with Crippen LogP contribution in [0.1, 0.15) is 0 Å². The van der Waals surface area contributed by atoms with Crippen molar-refractivity contribution in [2.75, 3.05) is 0 Å². The van der Waals surface area contributed by atoms with Crippen LogP contribution in [-0.4, -0.2) is 13.7 Å². The number of hydrogen-bond donors (Lipinski definition) is 0. The van der Waals surface area contributed by atoms with Crippen LogP contribution >= 0.6 is 0 Å². The highest BCUT2D eigenvalue weighted by Crippen LogP contribution is 2.41. The van der Waals surface area contributed by atoms with Crippen LogP contribution in [-0.2, 0) is 0 Å². The monoisotopic (exact) mass is 649 g/mol. The lowest BCUT2D eigenvalue weighted by Gasteiger charge is -2.12. The molecule has 3 nitrogen and oxygen atoms in total. The average molecular weight is 650 g/mol. The zero-order valence-corrected chi connectivity index (χ0v) is 27.7. The van der Waals surface area contributed by atoms with E-state index >= 15 is 0 Å². The van der Waals surface area contributed by atoms with Gasteiger partial charge in [-0.25, -0.2) is 0 Å². The average Bonchev–Trinajstić information content (AvgIpc) is 3.84. The van der Waals surface area contributed by atoms with Gasteiger partial charge in [-0.05, 0) is 90.0 Å². The van der Waals surface area contributed by atoms with Crippen LogP contribution in [0.2, 0.25) is 0 Å². The predicted octanol–water partition coefficient (Wildman–Crippen LogP) is 12.6. The first-order valence-corrected chi connectivity index (χ1v) is 17.5. The number of fused-ring (bicyclic) bond motifs is 9. The molecule has 3 heteroatoms. The lowest BCUT2D eigenvalue weighted by molar-refractivity contribution is 1.14. The first-order chi connectivity index (χ1) is 25.3. The molecule has 238 valence electrons. The van der Waals surface area contributed by atoms with Gasteiger partial charge in [0.1, 0.15) is 0 Å². The molecule has 0 atom stereocenters. The van der Waals surface area contributed by atoms with Crippen molar-refractivity contribution in [2.45, 2.75) is 0 Å². The van der Waals surface area contributed by atoms with E-state index in [1.165, 1.54) is 82.2 Å². The van der Waals surface area contributed by atoms with Crippen molar-refractivity contribution in [2.24, 2.45) is 0 Å². The Balaban J connectivity index is 1.09. The van der Waals surface area contributed by atoms with Gasteiger partial charge in [-0.15, -0.1) is 0 Å². The van der Waals surface area contributed by atoms with Gasteiger partial charge in [0, 0.05) is 49.4 Å². The van der Waals surface area contributed by atoms with Crippen molar-refractivity contribution >= 4 is 65.4 Å². The van der Waals surface area contributed by atoms with E-state index in [0.29, 0.717) is 0 Å². The highest BCUT2D eigenvalue weighted by molar-refractivity contribution is 6.17. The molecular formula is C48H31N3. The van der Waals surface area contributed by atoms with Crippen molar-refractivity contribution in [3.8, 4) is 28.2 Å². The third kappa shape index (κ3) is 4.06. The fraction of sp³-hybridized carbons (Fsp3) is 0. The molecule has 51 heavy (non-hydrogen) atoms. The first kappa shape index (κ1) is 28.0. The van der Waals surface area contributed by atoms with Gasteiger partial charge in [0.05, 0.1) is 33.1 Å². The smallest absolute Gasteiger partial charge is 0.0547 e. The molecular weight excluding hydrogens is 619 g/mol. The summed E-state index contributed by atoms with van der Waals surface area (Å²) in [4.78, 5) is 0. The zero-order valence-electron chi connectivity index (χ0n) is 27.7. The van der Waals surface area contributed by atoms with Gasteiger partial charge in [0.15, 0.2) is 0 Å². The van der Waals surface area contributed by atoms with Gasteiger partial charge in [-0.1, -0.05) is 109 Å². The van der Waals surface area contributed by atoms with Crippen LogP contribution in [0.5, 0.6) is 0 Å². The Bertz CT molecular complexity index is 3070. The summed E-state index contributed by atoms with van der Waals surface area (Å²) in [5.74, 6) is 0. The van der Waals surface area contributed by atoms with E-state index in [-0.39, 0.29) is 0 Å². The lowest BCUT2D eigenvalue weighted by Crippen LogP contribution is -1.97. The van der Waals surface area contributed by atoms with E-state index < -0.39 is 0 Å². The molecule has 0 N–H and O–H groups in total. The summed E-state index contributed by atoms with van der Waals surface area (Å²) in [6.07, 6.45) is 0. The number of nitrogens with zero attached hydrogens (tertiary/aromatic N) is 3. The van der Waals surface area contributed by atoms with Gasteiger partial charge >= 0.3 is 0 Å². The largest absolute Gasteiger partial charge is 0.309 e. The van der Waals surface area contributed by atoms with Gasteiger partial charge in [-0.2, -0.15) is 0 Å². The lowest BCUT2D eigenvalue weighted by atomic mass is 9.98. The number of aromatic nitrogens is 3. The maximum atomic E-state index is 2.41. The Labute approximate surface area is 294 Å². The molecule has 0 aliphatic heterocycles. The van der Waals surface area contributed by atoms with E-state index in [9.17, 15) is 0 Å². The standard InChI is InChI=1S/C48H31N3/c1-2-13-33(14-3-1)51-45-23-11-7-18-40(45)48-36(19-12-24-47(48)51)32-25-30-46-41(31-32)39-17-6-10-22-44(39)50(46)35-28-26-34(27-29-35)49-42-20-8-4-15-37(42)38-16-5-9-21-43(38)49/h1-31H. The molecule has 0 saturated heterocycles. The third-order valence-corrected chi connectivity index (χ3v) is 10.6. The highest BCUT2D eigenvalue weighted by Gasteiger charge is 2.18. The summed E-state index contributed by atoms with van der Waals surface area (Å²) >= 11 is 0. The Kier molecular flexibility index (Phi) is 5.96. The van der Waals surface area contributed by atoms with E-state index in [1.807, 2.05) is 0 Å². The molecule has 11 aromatic rings. The normalized spacial score (nSPS) is 11.9. The van der Waals surface area contributed by atoms with Crippen LogP contribution in [0.15, 0.2) is 188 Å². The molecule has 0 unspecified atom stereocenters. The van der Waals surface area contributed by atoms with Crippen molar-refractivity contribution in [3.05, 3.63) is 188 Å². The summed E-state index contributed by atoms with van der Waals surface area (Å²) < 4.78 is 7.18. The topological polar surface area (TPSA) is 14.8 Å². The van der Waals surface area contributed by atoms with Gasteiger partial charge in [-0.3, -0.25) is 0 Å². The van der Waals surface area contributed by atoms with E-state index in [1.54, 1.807) is 0 Å². The molecule has 0 fully saturated rings. The maximum absolute atomic E-state index is 2.41. The fourth-order valence-electron chi connectivity index (χ4n) is 8.49. The van der Waals surface area contributed by atoms with Crippen LogP contribution in [0.4, 0.5) is 0 Å². The van der Waals surface area contributed by atoms with E-state index in [2.05, 4.69) is 202 Å². The summed E-state index contributed by atoms with van der Waals surface area (Å²) in [6.45, 7) is 0. The SMILES string of the molecule is c1ccc(-n2c3ccccc3c3c(-c4ccc5c(c4)c4ccccc4n5-c4ccc(-n5c6ccccc6c6ccccc65)cc4)cccc32)cc1. The van der Waals surface area contributed by atoms with Gasteiger partial charge in [0.25, 0.3) is 0 Å². The third-order valence-electron chi connectivity index (χ3n) is 10.6. The van der Waals surface area contributed by atoms with Crippen LogP contribution in [0.25, 0.3) is 93.6 Å². The zero-order chi connectivity index (χ0) is 33.5. The Morgan fingerprint density at radius 2 is 0.667 bits per heavy atom. The molecule has 0 saturated carbocycles. The van der Waals surface area contributed by atoms with Crippen molar-refractivity contribution in [1.82, 2.24) is 13.7 Å². The Hall–Kier alpha value is -6.84. The van der Waals surface area contributed by atoms with Crippen LogP contribution < -0.4 is 0 Å². The molecule has 8 aromatic carbocycles. The second-order valence-corrected chi connectivity index (χ2v) is 13.4. The summed E-state index contributed by atoms with van der Waals surface area (Å²) in [5, 5.41) is 7.59. The minimum absolute atomic E-state index is 1.14. The number of para-hydroxylation sites is 5. The number of benzene rings is 8. The van der Waals surface area contributed by atoms with Gasteiger partial charge in [0.2, 0.25) is 0 Å². The highest BCUT2D eigenvalue weighted by atomic mass is 15.0. The Morgan fingerprint density at radius 1 is 0.255 bits per heavy atom. The maximum Gasteiger partial charge on any atom is 0.0547 e. The summed E-state index contributed by atoms with van der Waals surface area (Å²) in [7, 11) is 0. The molecule has 0 bridgehead atoms. The minimum Gasteiger partial charge on any atom is -0.309 e. The van der Waals surface area contributed by atoms with Crippen molar-refractivity contribution in [3.63, 3.8) is 0 Å². The minimum atomic E-state index is 1.14. The first-order valence-electron chi connectivity index (χ1n) is 17.5. The van der Waals surface area contributed by atoms with Crippen molar-refractivity contribution < 1.29 is 0 Å². The van der Waals surface area contributed by atoms with E-state index in [0.717, 1.165) is 11.4 Å². The fourth-order valence-corrected chi connectivity index (χ4v) is 8.49. The summed E-state index contributed by atoms with van der Waals surface area (Å²) in [6, 6.07) is 68.4. The molecule has 11 rings (SSSR count). The van der Waals surface area contributed by atoms with Crippen LogP contribution in [0.3, 0.4) is 0 Å². The second-order valence-electron chi connectivity index (χ2n) is 13.4. The van der Waals surface area contributed by atoms with Crippen LogP contribution in [0, 0.1) is 0 Å². The quantitative estimate of drug-likeness (QED) is 0.180. The van der Waals surface area contributed by atoms with Crippen molar-refractivity contribution in [1.29, 1.82) is 0 Å². The van der Waals surface area contributed by atoms with E-state index in [4.69, 9.17) is 0 Å². The second kappa shape index (κ2) is 10.8. The van der Waals surface area contributed by atoms with Gasteiger partial charge < -0.3 is 13.7 Å². The number of rotatable bonds is 4. The molecule has 0 spiro atoms. The molecule has 0 amide bonds. The molecule has 3 aromatic heterocycles. The molecule has 0 aliphatic carbocycles. The molecule has 0 aliphatic rings. The predicted molar refractivity (Wildman–Crippen MR) is 215 cm³/mol. The molecule has 0 radical (unpaired) electrons. The number of hydrogen-bond acceptors (Lipinski definition) is 0. The summed E-state index contributed by atoms with van der Waals surface area (Å²) in [5.41, 5.74) is 13.2.